The summed E-state index contributed by atoms with van der Waals surface area (Å²) in [4.78, 5) is 71.5. The summed E-state index contributed by atoms with van der Waals surface area (Å²) >= 11 is 9.31. The summed E-state index contributed by atoms with van der Waals surface area (Å²) in [6, 6.07) is 0. The Bertz CT molecular complexity index is 940. The maximum absolute atomic E-state index is 12.4. The van der Waals surface area contributed by atoms with Gasteiger partial charge in [-0.05, 0) is 6.42 Å². The first-order valence-electron chi connectivity index (χ1n) is 14.1. The molecule has 0 aromatic heterocycles. The van der Waals surface area contributed by atoms with Crippen molar-refractivity contribution >= 4 is 72.8 Å². The fourth-order valence-corrected chi connectivity index (χ4v) is 4.27. The summed E-state index contributed by atoms with van der Waals surface area (Å²) in [5, 5.41) is 9.90. The lowest BCUT2D eigenvalue weighted by molar-refractivity contribution is -0.164. The third-order valence-electron chi connectivity index (χ3n) is 6.15. The number of thiol groups is 2. The van der Waals surface area contributed by atoms with Gasteiger partial charge in [0.2, 0.25) is 0 Å². The van der Waals surface area contributed by atoms with Crippen molar-refractivity contribution in [2.24, 2.45) is 10.8 Å². The largest absolute Gasteiger partial charge is 0.465 e. The maximum atomic E-state index is 12.4. The van der Waals surface area contributed by atoms with E-state index >= 15 is 0 Å². The first-order valence-corrected chi connectivity index (χ1v) is 16.5. The predicted octanol–water partition coefficient (Wildman–Crippen LogP) is 2.15. The molecule has 0 unspecified atom stereocenters. The Kier molecular flexibility index (Phi) is 23.1. The highest BCUT2D eigenvalue weighted by atomic mass is 32.2. The zero-order chi connectivity index (χ0) is 34.1. The summed E-state index contributed by atoms with van der Waals surface area (Å²) in [6.45, 7) is 6.17. The summed E-state index contributed by atoms with van der Waals surface area (Å²) in [7, 11) is 0. The van der Waals surface area contributed by atoms with Crippen LogP contribution in [0.5, 0.6) is 0 Å². The predicted molar refractivity (Wildman–Crippen MR) is 172 cm³/mol. The van der Waals surface area contributed by atoms with E-state index in [1.807, 2.05) is 0 Å². The van der Waals surface area contributed by atoms with Crippen molar-refractivity contribution < 1.29 is 62.3 Å². The van der Waals surface area contributed by atoms with Crippen LogP contribution in [0.25, 0.3) is 0 Å². The monoisotopic (exact) mass is 696 g/mol. The molecule has 0 spiro atoms. The van der Waals surface area contributed by atoms with E-state index in [1.54, 1.807) is 6.92 Å². The summed E-state index contributed by atoms with van der Waals surface area (Å²) < 4.78 is 31.2. The van der Waals surface area contributed by atoms with Crippen molar-refractivity contribution in [2.75, 3.05) is 69.3 Å². The third kappa shape index (κ3) is 19.4. The van der Waals surface area contributed by atoms with Crippen LogP contribution in [-0.2, 0) is 57.2 Å². The van der Waals surface area contributed by atoms with Crippen LogP contribution in [0.15, 0.2) is 25.3 Å². The minimum atomic E-state index is -1.40. The fraction of sp³-hybridized carbons (Fsp3) is 0.655. The Morgan fingerprint density at radius 1 is 0.622 bits per heavy atom. The Labute approximate surface area is 278 Å². The molecule has 0 aliphatic rings. The molecule has 45 heavy (non-hydrogen) atoms. The normalized spacial score (nSPS) is 11.1. The molecule has 0 radical (unpaired) electrons. The van der Waals surface area contributed by atoms with Crippen LogP contribution in [0.2, 0.25) is 0 Å². The smallest absolute Gasteiger partial charge is 0.330 e. The lowest BCUT2D eigenvalue weighted by Gasteiger charge is -2.31. The van der Waals surface area contributed by atoms with Gasteiger partial charge in [-0.3, -0.25) is 19.2 Å². The van der Waals surface area contributed by atoms with E-state index < -0.39 is 73.1 Å². The van der Waals surface area contributed by atoms with Gasteiger partial charge in [-0.15, -0.1) is 0 Å². The first kappa shape index (κ1) is 42.3. The van der Waals surface area contributed by atoms with Crippen molar-refractivity contribution in [3.05, 3.63) is 25.3 Å². The van der Waals surface area contributed by atoms with Gasteiger partial charge < -0.3 is 33.5 Å². The van der Waals surface area contributed by atoms with Gasteiger partial charge in [-0.2, -0.15) is 37.0 Å². The van der Waals surface area contributed by atoms with E-state index in [1.165, 1.54) is 11.8 Å². The van der Waals surface area contributed by atoms with Crippen LogP contribution in [0, 0.1) is 10.8 Å². The number of esters is 6. The molecule has 0 heterocycles. The third-order valence-corrected chi connectivity index (χ3v) is 7.58. The molecule has 0 saturated carbocycles. The van der Waals surface area contributed by atoms with Crippen LogP contribution in [0.1, 0.15) is 39.0 Å². The number of rotatable bonds is 26. The SMILES string of the molecule is C=CC(=O)OCC(CO)(COC(=O)C=C)COC(=O)CCSCCC(=O)OCC(CC)(COC(=O)CCS)COC(=O)CCS. The second-order valence-electron chi connectivity index (χ2n) is 9.84. The number of carbonyl (C=O) groups excluding carboxylic acids is 6. The number of ether oxygens (including phenoxy) is 6. The summed E-state index contributed by atoms with van der Waals surface area (Å²) in [6.07, 6.45) is 2.43. The average molecular weight is 697 g/mol. The molecule has 0 fully saturated rings. The van der Waals surface area contributed by atoms with Crippen LogP contribution in [0.3, 0.4) is 0 Å². The Hall–Kier alpha value is -2.69. The molecule has 16 heteroatoms. The summed E-state index contributed by atoms with van der Waals surface area (Å²) in [5.41, 5.74) is -2.32. The van der Waals surface area contributed by atoms with Crippen molar-refractivity contribution in [2.45, 2.75) is 39.0 Å². The van der Waals surface area contributed by atoms with Crippen LogP contribution >= 0.6 is 37.0 Å². The van der Waals surface area contributed by atoms with Gasteiger partial charge in [-0.1, -0.05) is 20.1 Å². The van der Waals surface area contributed by atoms with Crippen LogP contribution in [0.4, 0.5) is 0 Å². The van der Waals surface area contributed by atoms with Crippen molar-refractivity contribution in [1.29, 1.82) is 0 Å². The van der Waals surface area contributed by atoms with E-state index in [9.17, 15) is 33.9 Å². The Morgan fingerprint density at radius 3 is 1.27 bits per heavy atom. The highest BCUT2D eigenvalue weighted by Gasteiger charge is 2.36. The molecule has 0 amide bonds. The molecule has 0 bridgehead atoms. The number of hydrogen-bond acceptors (Lipinski definition) is 16. The lowest BCUT2D eigenvalue weighted by Crippen LogP contribution is -2.42. The molecule has 0 saturated heterocycles. The number of aliphatic hydroxyl groups is 1. The fourth-order valence-electron chi connectivity index (χ4n) is 3.08. The van der Waals surface area contributed by atoms with E-state index in [2.05, 4.69) is 38.4 Å². The molecule has 1 N–H and O–H groups in total. The van der Waals surface area contributed by atoms with Crippen molar-refractivity contribution in [1.82, 2.24) is 0 Å². The molecule has 256 valence electrons. The highest BCUT2D eigenvalue weighted by Crippen LogP contribution is 2.25. The molecular formula is C29H44O13S3. The highest BCUT2D eigenvalue weighted by molar-refractivity contribution is 7.99. The molecular weight excluding hydrogens is 653 g/mol. The van der Waals surface area contributed by atoms with E-state index in [4.69, 9.17) is 28.4 Å². The first-order chi connectivity index (χ1) is 21.4. The molecule has 0 aliphatic carbocycles. The zero-order valence-electron chi connectivity index (χ0n) is 25.5. The van der Waals surface area contributed by atoms with Gasteiger partial charge in [0, 0.05) is 35.2 Å². The second kappa shape index (κ2) is 24.5. The maximum Gasteiger partial charge on any atom is 0.330 e. The van der Waals surface area contributed by atoms with Gasteiger partial charge in [0.25, 0.3) is 0 Å². The number of carbonyl (C=O) groups is 6. The van der Waals surface area contributed by atoms with E-state index in [0.29, 0.717) is 29.4 Å². The second-order valence-corrected chi connectivity index (χ2v) is 12.0. The zero-order valence-corrected chi connectivity index (χ0v) is 28.1. The minimum Gasteiger partial charge on any atom is -0.465 e. The summed E-state index contributed by atoms with van der Waals surface area (Å²) in [5.74, 6) is -2.39. The molecule has 0 atom stereocenters. The van der Waals surface area contributed by atoms with E-state index in [0.717, 1.165) is 12.2 Å². The average Bonchev–Trinajstić information content (AvgIpc) is 3.04. The standard InChI is InChI=1S/C29H44O13S3/c1-4-22(31)37-19-29(15-30,20-38-23(32)5-2)21-42-27(36)10-14-45-13-9-26(35)41-18-28(6-3,16-39-24(33)7-11-43)17-40-25(34)8-12-44/h4-5,30,43-44H,1-2,6-21H2,3H3. The Balaban J connectivity index is 4.81. The van der Waals surface area contributed by atoms with E-state index in [-0.39, 0.29) is 45.5 Å². The number of aliphatic hydroxyl groups excluding tert-OH is 1. The number of hydrogen-bond donors (Lipinski definition) is 3. The van der Waals surface area contributed by atoms with Crippen molar-refractivity contribution in [3.63, 3.8) is 0 Å². The molecule has 13 nitrogen and oxygen atoms in total. The number of thioether (sulfide) groups is 1. The molecule has 0 aliphatic heterocycles. The molecule has 0 aromatic rings. The quantitative estimate of drug-likeness (QED) is 0.0394. The molecule has 0 rings (SSSR count). The van der Waals surface area contributed by atoms with Crippen molar-refractivity contribution in [3.8, 4) is 0 Å². The van der Waals surface area contributed by atoms with Crippen LogP contribution in [-0.4, -0.2) is 110 Å². The van der Waals surface area contributed by atoms with Gasteiger partial charge in [0.15, 0.2) is 0 Å². The topological polar surface area (TPSA) is 178 Å². The minimum absolute atomic E-state index is 0.0232. The van der Waals surface area contributed by atoms with Gasteiger partial charge in [-0.25, -0.2) is 9.59 Å². The Morgan fingerprint density at radius 2 is 0.956 bits per heavy atom. The van der Waals surface area contributed by atoms with Crippen LogP contribution < -0.4 is 0 Å². The van der Waals surface area contributed by atoms with Gasteiger partial charge in [0.05, 0.1) is 43.1 Å². The lowest BCUT2D eigenvalue weighted by atomic mass is 9.88. The van der Waals surface area contributed by atoms with Gasteiger partial charge in [0.1, 0.15) is 39.6 Å². The molecule has 0 aromatic carbocycles. The van der Waals surface area contributed by atoms with Gasteiger partial charge >= 0.3 is 35.8 Å².